The van der Waals surface area contributed by atoms with Crippen molar-refractivity contribution >= 4 is 12.0 Å². The predicted molar refractivity (Wildman–Crippen MR) is 79.0 cm³/mol. The second-order valence-corrected chi connectivity index (χ2v) is 6.93. The van der Waals surface area contributed by atoms with Crippen LogP contribution in [0.3, 0.4) is 0 Å². The van der Waals surface area contributed by atoms with Gasteiger partial charge >= 0.3 is 12.0 Å². The van der Waals surface area contributed by atoms with E-state index in [1.54, 1.807) is 0 Å². The highest BCUT2D eigenvalue weighted by molar-refractivity contribution is 5.75. The summed E-state index contributed by atoms with van der Waals surface area (Å²) in [6.45, 7) is 0.776. The average Bonchev–Trinajstić information content (AvgIpc) is 3.36. The standard InChI is InChI=1S/C16H26N2O3/c19-14(20)9-8-13-3-1-2-10-18(13)16(21)17-15(11-4-5-11)12-6-7-12/h11-13,15H,1-10H2,(H,17,21)(H,19,20). The number of hydrogen-bond acceptors (Lipinski definition) is 2. The molecule has 2 amide bonds. The largest absolute Gasteiger partial charge is 0.481 e. The Hall–Kier alpha value is -1.26. The van der Waals surface area contributed by atoms with Crippen LogP contribution in [0.1, 0.15) is 57.8 Å². The molecule has 2 saturated carbocycles. The summed E-state index contributed by atoms with van der Waals surface area (Å²) in [5.74, 6) is 0.627. The second-order valence-electron chi connectivity index (χ2n) is 6.93. The molecule has 5 nitrogen and oxygen atoms in total. The van der Waals surface area contributed by atoms with E-state index in [1.807, 2.05) is 4.90 Å². The molecule has 2 N–H and O–H groups in total. The number of carboxylic acids is 1. The number of urea groups is 1. The van der Waals surface area contributed by atoms with Gasteiger partial charge in [-0.2, -0.15) is 0 Å². The number of aliphatic carboxylic acids is 1. The third kappa shape index (κ3) is 3.89. The summed E-state index contributed by atoms with van der Waals surface area (Å²) < 4.78 is 0. The molecule has 1 unspecified atom stereocenters. The number of amides is 2. The summed E-state index contributed by atoms with van der Waals surface area (Å²) >= 11 is 0. The fourth-order valence-electron chi connectivity index (χ4n) is 3.61. The zero-order chi connectivity index (χ0) is 14.8. The SMILES string of the molecule is O=C(O)CCC1CCCCN1C(=O)NC(C1CC1)C1CC1. The molecule has 1 heterocycles. The summed E-state index contributed by atoms with van der Waals surface area (Å²) in [7, 11) is 0. The number of rotatable bonds is 6. The van der Waals surface area contributed by atoms with Crippen LogP contribution < -0.4 is 5.32 Å². The smallest absolute Gasteiger partial charge is 0.317 e. The van der Waals surface area contributed by atoms with Crippen molar-refractivity contribution in [2.75, 3.05) is 6.54 Å². The summed E-state index contributed by atoms with van der Waals surface area (Å²) in [4.78, 5) is 25.3. The minimum Gasteiger partial charge on any atom is -0.481 e. The molecule has 1 atom stereocenters. The van der Waals surface area contributed by atoms with Crippen LogP contribution in [0.2, 0.25) is 0 Å². The van der Waals surface area contributed by atoms with Gasteiger partial charge in [0.15, 0.2) is 0 Å². The van der Waals surface area contributed by atoms with Gasteiger partial charge in [0.1, 0.15) is 0 Å². The van der Waals surface area contributed by atoms with Crippen molar-refractivity contribution in [3.63, 3.8) is 0 Å². The molecule has 118 valence electrons. The number of carbonyl (C=O) groups is 2. The molecule has 3 fully saturated rings. The van der Waals surface area contributed by atoms with Crippen molar-refractivity contribution in [1.29, 1.82) is 0 Å². The molecule has 0 aromatic rings. The van der Waals surface area contributed by atoms with Crippen LogP contribution in [0.25, 0.3) is 0 Å². The minimum atomic E-state index is -0.769. The van der Waals surface area contributed by atoms with Gasteiger partial charge in [0.25, 0.3) is 0 Å². The van der Waals surface area contributed by atoms with E-state index in [-0.39, 0.29) is 18.5 Å². The van der Waals surface area contributed by atoms with Gasteiger partial charge < -0.3 is 15.3 Å². The fourth-order valence-corrected chi connectivity index (χ4v) is 3.61. The number of piperidine rings is 1. The van der Waals surface area contributed by atoms with Crippen LogP contribution >= 0.6 is 0 Å². The third-order valence-electron chi connectivity index (χ3n) is 5.13. The molecule has 1 aliphatic heterocycles. The first-order valence-corrected chi connectivity index (χ1v) is 8.44. The zero-order valence-corrected chi connectivity index (χ0v) is 12.6. The van der Waals surface area contributed by atoms with Crippen molar-refractivity contribution in [3.8, 4) is 0 Å². The fraction of sp³-hybridized carbons (Fsp3) is 0.875. The Morgan fingerprint density at radius 3 is 2.33 bits per heavy atom. The van der Waals surface area contributed by atoms with E-state index in [4.69, 9.17) is 5.11 Å². The lowest BCUT2D eigenvalue weighted by atomic mass is 9.98. The van der Waals surface area contributed by atoms with E-state index in [9.17, 15) is 9.59 Å². The van der Waals surface area contributed by atoms with E-state index in [2.05, 4.69) is 5.32 Å². The van der Waals surface area contributed by atoms with Gasteiger partial charge in [0.2, 0.25) is 0 Å². The van der Waals surface area contributed by atoms with Crippen LogP contribution in [0.4, 0.5) is 4.79 Å². The molecular formula is C16H26N2O3. The van der Waals surface area contributed by atoms with E-state index >= 15 is 0 Å². The Balaban J connectivity index is 1.56. The number of carbonyl (C=O) groups excluding carboxylic acids is 1. The molecule has 0 spiro atoms. The van der Waals surface area contributed by atoms with Crippen LogP contribution in [-0.2, 0) is 4.79 Å². The number of nitrogens with one attached hydrogen (secondary N) is 1. The number of nitrogens with zero attached hydrogens (tertiary/aromatic N) is 1. The Morgan fingerprint density at radius 2 is 1.76 bits per heavy atom. The minimum absolute atomic E-state index is 0.0499. The number of hydrogen-bond donors (Lipinski definition) is 2. The average molecular weight is 294 g/mol. The Bertz CT molecular complexity index is 392. The lowest BCUT2D eigenvalue weighted by Gasteiger charge is -2.36. The molecule has 1 saturated heterocycles. The summed E-state index contributed by atoms with van der Waals surface area (Å²) in [6, 6.07) is 0.530. The lowest BCUT2D eigenvalue weighted by molar-refractivity contribution is -0.137. The third-order valence-corrected chi connectivity index (χ3v) is 5.13. The van der Waals surface area contributed by atoms with Gasteiger partial charge in [-0.25, -0.2) is 4.79 Å². The highest BCUT2D eigenvalue weighted by Gasteiger charge is 2.43. The molecule has 5 heteroatoms. The Labute approximate surface area is 126 Å². The van der Waals surface area contributed by atoms with Crippen molar-refractivity contribution in [2.45, 2.75) is 69.9 Å². The molecule has 3 aliphatic rings. The number of carboxylic acid groups (broad SMARTS) is 1. The Kier molecular flexibility index (Phi) is 4.36. The molecular weight excluding hydrogens is 268 g/mol. The monoisotopic (exact) mass is 294 g/mol. The van der Waals surface area contributed by atoms with E-state index in [1.165, 1.54) is 25.7 Å². The van der Waals surface area contributed by atoms with Gasteiger partial charge in [0.05, 0.1) is 0 Å². The van der Waals surface area contributed by atoms with Gasteiger partial charge in [-0.1, -0.05) is 0 Å². The zero-order valence-electron chi connectivity index (χ0n) is 12.6. The summed E-state index contributed by atoms with van der Waals surface area (Å²) in [5, 5.41) is 12.1. The molecule has 2 aliphatic carbocycles. The van der Waals surface area contributed by atoms with Crippen LogP contribution in [0.5, 0.6) is 0 Å². The summed E-state index contributed by atoms with van der Waals surface area (Å²) in [6.07, 6.45) is 8.83. The maximum absolute atomic E-state index is 12.6. The van der Waals surface area contributed by atoms with E-state index in [0.717, 1.165) is 25.8 Å². The second kappa shape index (κ2) is 6.24. The van der Waals surface area contributed by atoms with Gasteiger partial charge in [-0.05, 0) is 63.2 Å². The molecule has 0 aromatic heterocycles. The maximum atomic E-state index is 12.6. The molecule has 0 bridgehead atoms. The van der Waals surface area contributed by atoms with E-state index in [0.29, 0.717) is 24.3 Å². The predicted octanol–water partition coefficient (Wildman–Crippen LogP) is 2.60. The van der Waals surface area contributed by atoms with Crippen molar-refractivity contribution in [1.82, 2.24) is 10.2 Å². The first-order valence-electron chi connectivity index (χ1n) is 8.44. The van der Waals surface area contributed by atoms with E-state index < -0.39 is 5.97 Å². The van der Waals surface area contributed by atoms with Gasteiger partial charge in [0, 0.05) is 25.0 Å². The van der Waals surface area contributed by atoms with Crippen LogP contribution in [0.15, 0.2) is 0 Å². The molecule has 3 rings (SSSR count). The molecule has 0 aromatic carbocycles. The van der Waals surface area contributed by atoms with Crippen LogP contribution in [0, 0.1) is 11.8 Å². The first kappa shape index (κ1) is 14.7. The topological polar surface area (TPSA) is 69.6 Å². The van der Waals surface area contributed by atoms with Gasteiger partial charge in [-0.15, -0.1) is 0 Å². The van der Waals surface area contributed by atoms with Crippen LogP contribution in [-0.4, -0.2) is 40.6 Å². The highest BCUT2D eigenvalue weighted by Crippen LogP contribution is 2.44. The van der Waals surface area contributed by atoms with Crippen molar-refractivity contribution in [2.24, 2.45) is 11.8 Å². The quantitative estimate of drug-likeness (QED) is 0.791. The highest BCUT2D eigenvalue weighted by atomic mass is 16.4. The first-order chi connectivity index (χ1) is 10.1. The van der Waals surface area contributed by atoms with Gasteiger partial charge in [-0.3, -0.25) is 4.79 Å². The molecule has 0 radical (unpaired) electrons. The summed E-state index contributed by atoms with van der Waals surface area (Å²) in [5.41, 5.74) is 0. The Morgan fingerprint density at radius 1 is 1.10 bits per heavy atom. The lowest BCUT2D eigenvalue weighted by Crippen LogP contribution is -2.52. The van der Waals surface area contributed by atoms with Crippen molar-refractivity contribution in [3.05, 3.63) is 0 Å². The molecule has 21 heavy (non-hydrogen) atoms. The maximum Gasteiger partial charge on any atom is 0.317 e. The number of likely N-dealkylation sites (tertiary alicyclic amines) is 1. The normalized spacial score (nSPS) is 26.0. The van der Waals surface area contributed by atoms with Crippen molar-refractivity contribution < 1.29 is 14.7 Å².